The van der Waals surface area contributed by atoms with Gasteiger partial charge < -0.3 is 4.98 Å². The van der Waals surface area contributed by atoms with Crippen LogP contribution in [0.25, 0.3) is 33.3 Å². The molecule has 0 saturated heterocycles. The number of nitrogens with zero attached hydrogens (tertiary/aromatic N) is 2. The van der Waals surface area contributed by atoms with Crippen LogP contribution in [-0.2, 0) is 0 Å². The molecule has 0 unspecified atom stereocenters. The Labute approximate surface area is 114 Å². The molecule has 0 atom stereocenters. The first-order valence-electron chi connectivity index (χ1n) is 6.31. The molecule has 3 nitrogen and oxygen atoms in total. The zero-order valence-electron chi connectivity index (χ0n) is 10.5. The molecular weight excluding hydrogens is 253 g/mol. The summed E-state index contributed by atoms with van der Waals surface area (Å²) in [6, 6.07) is 14.2. The van der Waals surface area contributed by atoms with Crippen LogP contribution in [0.5, 0.6) is 0 Å². The fourth-order valence-electron chi connectivity index (χ4n) is 2.35. The number of hydrogen-bond donors (Lipinski definition) is 1. The molecule has 0 saturated carbocycles. The number of halogens is 1. The van der Waals surface area contributed by atoms with Gasteiger partial charge in [0, 0.05) is 10.9 Å². The van der Waals surface area contributed by atoms with Gasteiger partial charge in [0.1, 0.15) is 11.6 Å². The van der Waals surface area contributed by atoms with E-state index in [0.29, 0.717) is 0 Å². The SMILES string of the molecule is Fc1ccc(-c2nc3c(cnc4ccccc43)[nH]2)cc1. The van der Waals surface area contributed by atoms with E-state index in [-0.39, 0.29) is 5.82 Å². The molecule has 0 radical (unpaired) electrons. The summed E-state index contributed by atoms with van der Waals surface area (Å²) in [4.78, 5) is 12.2. The van der Waals surface area contributed by atoms with Gasteiger partial charge in [-0.15, -0.1) is 0 Å². The number of rotatable bonds is 1. The first-order chi connectivity index (χ1) is 9.81. The van der Waals surface area contributed by atoms with Crippen molar-refractivity contribution in [2.45, 2.75) is 0 Å². The largest absolute Gasteiger partial charge is 0.337 e. The Kier molecular flexibility index (Phi) is 2.29. The van der Waals surface area contributed by atoms with Crippen LogP contribution in [0.3, 0.4) is 0 Å². The van der Waals surface area contributed by atoms with Gasteiger partial charge in [-0.3, -0.25) is 4.98 Å². The molecule has 96 valence electrons. The summed E-state index contributed by atoms with van der Waals surface area (Å²) in [5.41, 5.74) is 3.53. The molecule has 0 fully saturated rings. The molecule has 1 N–H and O–H groups in total. The summed E-state index contributed by atoms with van der Waals surface area (Å²) in [7, 11) is 0. The number of aromatic nitrogens is 3. The maximum absolute atomic E-state index is 13.0. The van der Waals surface area contributed by atoms with E-state index < -0.39 is 0 Å². The van der Waals surface area contributed by atoms with Gasteiger partial charge in [-0.05, 0) is 30.3 Å². The van der Waals surface area contributed by atoms with Gasteiger partial charge >= 0.3 is 0 Å². The molecular formula is C16H10FN3. The fourth-order valence-corrected chi connectivity index (χ4v) is 2.35. The van der Waals surface area contributed by atoms with Crippen molar-refractivity contribution in [1.29, 1.82) is 0 Å². The van der Waals surface area contributed by atoms with Gasteiger partial charge in [0.25, 0.3) is 0 Å². The highest BCUT2D eigenvalue weighted by molar-refractivity contribution is 6.02. The third-order valence-electron chi connectivity index (χ3n) is 3.34. The predicted molar refractivity (Wildman–Crippen MR) is 76.8 cm³/mol. The second kappa shape index (κ2) is 4.13. The van der Waals surface area contributed by atoms with E-state index in [9.17, 15) is 4.39 Å². The van der Waals surface area contributed by atoms with Crippen LogP contribution >= 0.6 is 0 Å². The highest BCUT2D eigenvalue weighted by Gasteiger charge is 2.08. The maximum atomic E-state index is 13.0. The van der Waals surface area contributed by atoms with Crippen LogP contribution in [-0.4, -0.2) is 15.0 Å². The molecule has 2 heterocycles. The van der Waals surface area contributed by atoms with Gasteiger partial charge in [-0.1, -0.05) is 18.2 Å². The molecule has 0 aliphatic carbocycles. The number of nitrogens with one attached hydrogen (secondary N) is 1. The summed E-state index contributed by atoms with van der Waals surface area (Å²) < 4.78 is 13.0. The lowest BCUT2D eigenvalue weighted by atomic mass is 10.2. The zero-order valence-corrected chi connectivity index (χ0v) is 10.5. The Morgan fingerprint density at radius 1 is 0.950 bits per heavy atom. The molecule has 0 spiro atoms. The number of pyridine rings is 1. The zero-order chi connectivity index (χ0) is 13.5. The molecule has 0 amide bonds. The lowest BCUT2D eigenvalue weighted by molar-refractivity contribution is 0.628. The first-order valence-corrected chi connectivity index (χ1v) is 6.31. The molecule has 20 heavy (non-hydrogen) atoms. The summed E-state index contributed by atoms with van der Waals surface area (Å²) in [6.45, 7) is 0. The van der Waals surface area contributed by atoms with Gasteiger partial charge in [-0.2, -0.15) is 0 Å². The smallest absolute Gasteiger partial charge is 0.138 e. The molecule has 2 aromatic carbocycles. The summed E-state index contributed by atoms with van der Waals surface area (Å²) in [5, 5.41) is 1.01. The summed E-state index contributed by atoms with van der Waals surface area (Å²) >= 11 is 0. The van der Waals surface area contributed by atoms with Crippen LogP contribution in [0.15, 0.2) is 54.7 Å². The van der Waals surface area contributed by atoms with E-state index in [1.54, 1.807) is 18.3 Å². The molecule has 4 heteroatoms. The number of fused-ring (bicyclic) bond motifs is 3. The molecule has 0 aliphatic rings. The Balaban J connectivity index is 1.98. The standard InChI is InChI=1S/C16H10FN3/c17-11-7-5-10(6-8-11)16-19-14-9-18-13-4-2-1-3-12(13)15(14)20-16/h1-9H,(H,19,20). The van der Waals surface area contributed by atoms with Crippen molar-refractivity contribution in [3.05, 3.63) is 60.5 Å². The van der Waals surface area contributed by atoms with Crippen molar-refractivity contribution in [1.82, 2.24) is 15.0 Å². The van der Waals surface area contributed by atoms with Crippen LogP contribution < -0.4 is 0 Å². The predicted octanol–water partition coefficient (Wildman–Crippen LogP) is 3.92. The van der Waals surface area contributed by atoms with E-state index in [2.05, 4.69) is 15.0 Å². The quantitative estimate of drug-likeness (QED) is 0.565. The maximum Gasteiger partial charge on any atom is 0.138 e. The average molecular weight is 263 g/mol. The van der Waals surface area contributed by atoms with Crippen LogP contribution in [0.4, 0.5) is 4.39 Å². The van der Waals surface area contributed by atoms with Gasteiger partial charge in [0.15, 0.2) is 0 Å². The highest BCUT2D eigenvalue weighted by Crippen LogP contribution is 2.25. The monoisotopic (exact) mass is 263 g/mol. The van der Waals surface area contributed by atoms with E-state index in [0.717, 1.165) is 33.3 Å². The summed E-state index contributed by atoms with van der Waals surface area (Å²) in [5.74, 6) is 0.468. The van der Waals surface area contributed by atoms with Crippen molar-refractivity contribution < 1.29 is 4.39 Å². The Bertz CT molecular complexity index is 910. The van der Waals surface area contributed by atoms with Crippen LogP contribution in [0, 0.1) is 5.82 Å². The van der Waals surface area contributed by atoms with Crippen LogP contribution in [0.1, 0.15) is 0 Å². The minimum atomic E-state index is -0.253. The topological polar surface area (TPSA) is 41.6 Å². The third-order valence-corrected chi connectivity index (χ3v) is 3.34. The van der Waals surface area contributed by atoms with Gasteiger partial charge in [0.2, 0.25) is 0 Å². The highest BCUT2D eigenvalue weighted by atomic mass is 19.1. The van der Waals surface area contributed by atoms with Gasteiger partial charge in [0.05, 0.1) is 22.7 Å². The second-order valence-electron chi connectivity index (χ2n) is 4.63. The second-order valence-corrected chi connectivity index (χ2v) is 4.63. The van der Waals surface area contributed by atoms with Crippen molar-refractivity contribution >= 4 is 21.9 Å². The number of aromatic amines is 1. The lowest BCUT2D eigenvalue weighted by Gasteiger charge is -1.95. The van der Waals surface area contributed by atoms with Crippen LogP contribution in [0.2, 0.25) is 0 Å². The minimum Gasteiger partial charge on any atom is -0.337 e. The van der Waals surface area contributed by atoms with Crippen molar-refractivity contribution in [3.63, 3.8) is 0 Å². The fraction of sp³-hybridized carbons (Fsp3) is 0. The third kappa shape index (κ3) is 1.66. The van der Waals surface area contributed by atoms with Crippen molar-refractivity contribution in [3.8, 4) is 11.4 Å². The Morgan fingerprint density at radius 3 is 2.60 bits per heavy atom. The normalized spacial score (nSPS) is 11.2. The van der Waals surface area contributed by atoms with E-state index in [1.807, 2.05) is 24.3 Å². The molecule has 4 rings (SSSR count). The number of hydrogen-bond acceptors (Lipinski definition) is 2. The molecule has 2 aromatic heterocycles. The van der Waals surface area contributed by atoms with E-state index in [4.69, 9.17) is 0 Å². The number of benzene rings is 2. The van der Waals surface area contributed by atoms with E-state index in [1.165, 1.54) is 12.1 Å². The first kappa shape index (κ1) is 11.1. The van der Waals surface area contributed by atoms with Gasteiger partial charge in [-0.25, -0.2) is 9.37 Å². The molecule has 0 aliphatic heterocycles. The van der Waals surface area contributed by atoms with E-state index >= 15 is 0 Å². The lowest BCUT2D eigenvalue weighted by Crippen LogP contribution is -1.80. The Hall–Kier alpha value is -2.75. The van der Waals surface area contributed by atoms with Crippen molar-refractivity contribution in [2.24, 2.45) is 0 Å². The number of para-hydroxylation sites is 1. The molecule has 4 aromatic rings. The number of imidazole rings is 1. The van der Waals surface area contributed by atoms with Crippen molar-refractivity contribution in [2.75, 3.05) is 0 Å². The minimum absolute atomic E-state index is 0.253. The summed E-state index contributed by atoms with van der Waals surface area (Å²) in [6.07, 6.45) is 1.78. The molecule has 0 bridgehead atoms. The number of H-pyrrole nitrogens is 1. The Morgan fingerprint density at radius 2 is 1.75 bits per heavy atom. The average Bonchev–Trinajstić information content (AvgIpc) is 2.92.